The van der Waals surface area contributed by atoms with Gasteiger partial charge in [-0.25, -0.2) is 4.98 Å². The van der Waals surface area contributed by atoms with Crippen molar-refractivity contribution in [2.24, 2.45) is 0 Å². The summed E-state index contributed by atoms with van der Waals surface area (Å²) in [5, 5.41) is 0. The maximum absolute atomic E-state index is 4.28. The molecule has 0 atom stereocenters. The quantitative estimate of drug-likeness (QED) is 0.680. The molecule has 0 N–H and O–H groups in total. The Morgan fingerprint density at radius 3 is 2.12 bits per heavy atom. The Balaban J connectivity index is 0.000000606. The number of aryl methyl sites for hydroxylation is 1. The van der Waals surface area contributed by atoms with Gasteiger partial charge in [-0.15, -0.1) is 0 Å². The normalized spacial score (nSPS) is 9.25. The molecule has 1 aromatic carbocycles. The van der Waals surface area contributed by atoms with E-state index in [0.717, 1.165) is 10.3 Å². The van der Waals surface area contributed by atoms with Crippen molar-refractivity contribution in [1.82, 2.24) is 4.98 Å². The third-order valence-electron chi connectivity index (χ3n) is 2.03. The van der Waals surface area contributed by atoms with Crippen molar-refractivity contribution in [3.63, 3.8) is 0 Å². The SMILES string of the molecule is CC.Cc1cc(-c2ccccc2)cc(Br)n1. The molecule has 0 saturated heterocycles. The van der Waals surface area contributed by atoms with Gasteiger partial charge in [0.05, 0.1) is 0 Å². The second-order valence-electron chi connectivity index (χ2n) is 3.19. The molecule has 0 aliphatic carbocycles. The van der Waals surface area contributed by atoms with Crippen molar-refractivity contribution >= 4 is 15.9 Å². The van der Waals surface area contributed by atoms with Crippen molar-refractivity contribution < 1.29 is 0 Å². The van der Waals surface area contributed by atoms with Gasteiger partial charge in [-0.1, -0.05) is 44.2 Å². The number of rotatable bonds is 1. The Kier molecular flexibility index (Phi) is 5.20. The fourth-order valence-corrected chi connectivity index (χ4v) is 1.95. The average molecular weight is 278 g/mol. The minimum absolute atomic E-state index is 0.886. The first kappa shape index (κ1) is 12.9. The fraction of sp³-hybridized carbons (Fsp3) is 0.214. The van der Waals surface area contributed by atoms with Crippen molar-refractivity contribution in [1.29, 1.82) is 0 Å². The number of nitrogens with zero attached hydrogens (tertiary/aromatic N) is 1. The van der Waals surface area contributed by atoms with Gasteiger partial charge in [-0.05, 0) is 46.1 Å². The molecule has 84 valence electrons. The summed E-state index contributed by atoms with van der Waals surface area (Å²) in [5.41, 5.74) is 3.45. The van der Waals surface area contributed by atoms with Gasteiger partial charge in [0.15, 0.2) is 0 Å². The highest BCUT2D eigenvalue weighted by molar-refractivity contribution is 9.10. The van der Waals surface area contributed by atoms with Crippen LogP contribution >= 0.6 is 15.9 Å². The Labute approximate surface area is 106 Å². The molecule has 1 heterocycles. The predicted octanol–water partition coefficient (Wildman–Crippen LogP) is 4.85. The van der Waals surface area contributed by atoms with E-state index in [-0.39, 0.29) is 0 Å². The Bertz CT molecular complexity index is 417. The molecule has 1 aromatic heterocycles. The van der Waals surface area contributed by atoms with Gasteiger partial charge in [0.2, 0.25) is 0 Å². The molecule has 0 fully saturated rings. The lowest BCUT2D eigenvalue weighted by atomic mass is 10.1. The molecule has 2 aromatic rings. The molecule has 0 unspecified atom stereocenters. The van der Waals surface area contributed by atoms with Crippen LogP contribution in [0.3, 0.4) is 0 Å². The monoisotopic (exact) mass is 277 g/mol. The van der Waals surface area contributed by atoms with Crippen molar-refractivity contribution in [3.05, 3.63) is 52.8 Å². The molecular weight excluding hydrogens is 262 g/mol. The van der Waals surface area contributed by atoms with E-state index in [0.29, 0.717) is 0 Å². The topological polar surface area (TPSA) is 12.9 Å². The summed E-state index contributed by atoms with van der Waals surface area (Å²) in [5.74, 6) is 0. The van der Waals surface area contributed by atoms with Crippen molar-refractivity contribution in [3.8, 4) is 11.1 Å². The Morgan fingerprint density at radius 1 is 0.938 bits per heavy atom. The number of hydrogen-bond acceptors (Lipinski definition) is 1. The van der Waals surface area contributed by atoms with Crippen LogP contribution in [0, 0.1) is 6.92 Å². The number of hydrogen-bond donors (Lipinski definition) is 0. The zero-order valence-electron chi connectivity index (χ0n) is 9.87. The third kappa shape index (κ3) is 3.46. The fourth-order valence-electron chi connectivity index (χ4n) is 1.43. The summed E-state index contributed by atoms with van der Waals surface area (Å²) in [6, 6.07) is 14.4. The van der Waals surface area contributed by atoms with Crippen LogP contribution in [0.15, 0.2) is 47.1 Å². The molecule has 0 spiro atoms. The van der Waals surface area contributed by atoms with E-state index in [2.05, 4.69) is 39.1 Å². The molecule has 1 nitrogen and oxygen atoms in total. The van der Waals surface area contributed by atoms with Gasteiger partial charge in [-0.3, -0.25) is 0 Å². The molecule has 0 saturated carbocycles. The summed E-state index contributed by atoms with van der Waals surface area (Å²) in [4.78, 5) is 4.28. The van der Waals surface area contributed by atoms with Crippen LogP contribution < -0.4 is 0 Å². The molecule has 16 heavy (non-hydrogen) atoms. The first-order valence-corrected chi connectivity index (χ1v) is 6.24. The first-order chi connectivity index (χ1) is 7.75. The summed E-state index contributed by atoms with van der Waals surface area (Å²) in [6.45, 7) is 6.00. The van der Waals surface area contributed by atoms with E-state index >= 15 is 0 Å². The maximum atomic E-state index is 4.28. The molecule has 0 bridgehead atoms. The van der Waals surface area contributed by atoms with Crippen molar-refractivity contribution in [2.75, 3.05) is 0 Å². The summed E-state index contributed by atoms with van der Waals surface area (Å²) in [6.07, 6.45) is 0. The van der Waals surface area contributed by atoms with Gasteiger partial charge >= 0.3 is 0 Å². The average Bonchev–Trinajstić information content (AvgIpc) is 2.32. The first-order valence-electron chi connectivity index (χ1n) is 5.45. The van der Waals surface area contributed by atoms with Crippen LogP contribution in [0.2, 0.25) is 0 Å². The summed E-state index contributed by atoms with van der Waals surface area (Å²) < 4.78 is 0.886. The zero-order valence-corrected chi connectivity index (χ0v) is 11.5. The maximum Gasteiger partial charge on any atom is 0.106 e. The van der Waals surface area contributed by atoms with Gasteiger partial charge in [0, 0.05) is 5.69 Å². The van der Waals surface area contributed by atoms with Gasteiger partial charge in [0.1, 0.15) is 4.60 Å². The standard InChI is InChI=1S/C12H10BrN.C2H6/c1-9-7-11(8-12(13)14-9)10-5-3-2-4-6-10;1-2/h2-8H,1H3;1-2H3. The van der Waals surface area contributed by atoms with Crippen LogP contribution in [-0.2, 0) is 0 Å². The lowest BCUT2D eigenvalue weighted by molar-refractivity contribution is 1.17. The van der Waals surface area contributed by atoms with E-state index in [1.807, 2.05) is 45.0 Å². The van der Waals surface area contributed by atoms with E-state index in [1.165, 1.54) is 11.1 Å². The number of aromatic nitrogens is 1. The van der Waals surface area contributed by atoms with Crippen LogP contribution in [0.25, 0.3) is 11.1 Å². The molecule has 0 aliphatic heterocycles. The highest BCUT2D eigenvalue weighted by atomic mass is 79.9. The van der Waals surface area contributed by atoms with Crippen LogP contribution in [0.5, 0.6) is 0 Å². The highest BCUT2D eigenvalue weighted by Gasteiger charge is 1.99. The van der Waals surface area contributed by atoms with Gasteiger partial charge in [-0.2, -0.15) is 0 Å². The zero-order chi connectivity index (χ0) is 12.0. The second-order valence-corrected chi connectivity index (χ2v) is 4.00. The smallest absolute Gasteiger partial charge is 0.106 e. The second kappa shape index (κ2) is 6.44. The van der Waals surface area contributed by atoms with Crippen molar-refractivity contribution in [2.45, 2.75) is 20.8 Å². The highest BCUT2D eigenvalue weighted by Crippen LogP contribution is 2.22. The molecule has 2 rings (SSSR count). The number of pyridine rings is 1. The summed E-state index contributed by atoms with van der Waals surface area (Å²) >= 11 is 3.40. The number of benzene rings is 1. The lowest BCUT2D eigenvalue weighted by Crippen LogP contribution is -1.84. The summed E-state index contributed by atoms with van der Waals surface area (Å²) in [7, 11) is 0. The Morgan fingerprint density at radius 2 is 1.56 bits per heavy atom. The molecule has 2 heteroatoms. The van der Waals surface area contributed by atoms with Gasteiger partial charge < -0.3 is 0 Å². The molecular formula is C14H16BrN. The molecule has 0 aliphatic rings. The third-order valence-corrected chi connectivity index (χ3v) is 2.44. The Hall–Kier alpha value is -1.15. The lowest BCUT2D eigenvalue weighted by Gasteiger charge is -2.03. The van der Waals surface area contributed by atoms with E-state index in [1.54, 1.807) is 0 Å². The van der Waals surface area contributed by atoms with E-state index < -0.39 is 0 Å². The minimum Gasteiger partial charge on any atom is -0.246 e. The largest absolute Gasteiger partial charge is 0.246 e. The predicted molar refractivity (Wildman–Crippen MR) is 73.5 cm³/mol. The number of halogens is 1. The van der Waals surface area contributed by atoms with E-state index in [4.69, 9.17) is 0 Å². The molecule has 0 radical (unpaired) electrons. The molecule has 0 amide bonds. The van der Waals surface area contributed by atoms with Gasteiger partial charge in [0.25, 0.3) is 0 Å². The van der Waals surface area contributed by atoms with Crippen LogP contribution in [-0.4, -0.2) is 4.98 Å². The minimum atomic E-state index is 0.886. The van der Waals surface area contributed by atoms with Crippen LogP contribution in [0.4, 0.5) is 0 Å². The van der Waals surface area contributed by atoms with Crippen LogP contribution in [0.1, 0.15) is 19.5 Å². The van der Waals surface area contributed by atoms with E-state index in [9.17, 15) is 0 Å².